The highest BCUT2D eigenvalue weighted by molar-refractivity contribution is 7.09. The van der Waals surface area contributed by atoms with E-state index in [0.717, 1.165) is 30.8 Å². The first-order valence-corrected chi connectivity index (χ1v) is 6.33. The van der Waals surface area contributed by atoms with Crippen molar-refractivity contribution in [3.05, 3.63) is 34.9 Å². The maximum Gasteiger partial charge on any atom is 0.0945 e. The minimum absolute atomic E-state index is 0.997. The average Bonchev–Trinajstić information content (AvgIpc) is 2.79. The standard InChI is InChI=1S/C12H15N3S/c1-2-13-7-5-12-15-11(9-16-12)10-4-3-6-14-8-10/h3-4,6,8-9,13H,2,5,7H2,1H3. The number of pyridine rings is 1. The number of hydrogen-bond donors (Lipinski definition) is 1. The molecule has 0 radical (unpaired) electrons. The molecule has 0 fully saturated rings. The van der Waals surface area contributed by atoms with E-state index < -0.39 is 0 Å². The van der Waals surface area contributed by atoms with Gasteiger partial charge in [-0.05, 0) is 18.7 Å². The Labute approximate surface area is 99.6 Å². The fourth-order valence-electron chi connectivity index (χ4n) is 1.44. The van der Waals surface area contributed by atoms with Crippen molar-refractivity contribution in [1.29, 1.82) is 0 Å². The van der Waals surface area contributed by atoms with E-state index in [1.54, 1.807) is 17.5 Å². The van der Waals surface area contributed by atoms with Crippen molar-refractivity contribution < 1.29 is 0 Å². The number of thiazole rings is 1. The number of nitrogens with one attached hydrogen (secondary N) is 1. The Morgan fingerprint density at radius 2 is 2.38 bits per heavy atom. The molecule has 0 spiro atoms. The molecule has 0 unspecified atom stereocenters. The summed E-state index contributed by atoms with van der Waals surface area (Å²) in [5, 5.41) is 6.58. The van der Waals surface area contributed by atoms with Crippen LogP contribution < -0.4 is 5.32 Å². The zero-order valence-electron chi connectivity index (χ0n) is 9.31. The third kappa shape index (κ3) is 2.87. The summed E-state index contributed by atoms with van der Waals surface area (Å²) in [5.74, 6) is 0. The summed E-state index contributed by atoms with van der Waals surface area (Å²) in [6.07, 6.45) is 4.63. The van der Waals surface area contributed by atoms with Crippen LogP contribution in [0.1, 0.15) is 11.9 Å². The Morgan fingerprint density at radius 1 is 1.44 bits per heavy atom. The molecule has 2 aromatic heterocycles. The molecule has 1 N–H and O–H groups in total. The van der Waals surface area contributed by atoms with Crippen LogP contribution >= 0.6 is 11.3 Å². The first-order valence-electron chi connectivity index (χ1n) is 5.45. The lowest BCUT2D eigenvalue weighted by atomic mass is 10.2. The molecule has 0 amide bonds. The maximum atomic E-state index is 4.59. The first kappa shape index (κ1) is 11.2. The van der Waals surface area contributed by atoms with Crippen LogP contribution in [-0.4, -0.2) is 23.1 Å². The highest BCUT2D eigenvalue weighted by atomic mass is 32.1. The van der Waals surface area contributed by atoms with Crippen LogP contribution in [-0.2, 0) is 6.42 Å². The van der Waals surface area contributed by atoms with E-state index in [1.807, 2.05) is 18.3 Å². The predicted molar refractivity (Wildman–Crippen MR) is 67.6 cm³/mol. The van der Waals surface area contributed by atoms with E-state index in [1.165, 1.54) is 5.01 Å². The lowest BCUT2D eigenvalue weighted by Gasteiger charge is -1.97. The summed E-state index contributed by atoms with van der Waals surface area (Å²) >= 11 is 1.72. The van der Waals surface area contributed by atoms with Gasteiger partial charge in [0.2, 0.25) is 0 Å². The SMILES string of the molecule is CCNCCc1nc(-c2cccnc2)cs1. The minimum Gasteiger partial charge on any atom is -0.317 e. The third-order valence-corrected chi connectivity index (χ3v) is 3.18. The topological polar surface area (TPSA) is 37.8 Å². The second-order valence-electron chi connectivity index (χ2n) is 3.47. The second kappa shape index (κ2) is 5.72. The van der Waals surface area contributed by atoms with Crippen LogP contribution in [0.15, 0.2) is 29.9 Å². The molecule has 16 heavy (non-hydrogen) atoms. The molecule has 0 atom stereocenters. The van der Waals surface area contributed by atoms with E-state index in [-0.39, 0.29) is 0 Å². The van der Waals surface area contributed by atoms with Crippen LogP contribution in [0.25, 0.3) is 11.3 Å². The van der Waals surface area contributed by atoms with Crippen molar-refractivity contribution in [2.75, 3.05) is 13.1 Å². The van der Waals surface area contributed by atoms with Gasteiger partial charge in [-0.2, -0.15) is 0 Å². The van der Waals surface area contributed by atoms with Crippen molar-refractivity contribution in [2.24, 2.45) is 0 Å². The largest absolute Gasteiger partial charge is 0.317 e. The number of hydrogen-bond acceptors (Lipinski definition) is 4. The van der Waals surface area contributed by atoms with Gasteiger partial charge in [0.25, 0.3) is 0 Å². The molecule has 2 aromatic rings. The highest BCUT2D eigenvalue weighted by Gasteiger charge is 2.03. The van der Waals surface area contributed by atoms with Gasteiger partial charge in [-0.3, -0.25) is 4.98 Å². The van der Waals surface area contributed by atoms with Gasteiger partial charge >= 0.3 is 0 Å². The monoisotopic (exact) mass is 233 g/mol. The Kier molecular flexibility index (Phi) is 4.02. The lowest BCUT2D eigenvalue weighted by molar-refractivity contribution is 0.714. The van der Waals surface area contributed by atoms with Gasteiger partial charge in [-0.1, -0.05) is 6.92 Å². The van der Waals surface area contributed by atoms with E-state index in [9.17, 15) is 0 Å². The van der Waals surface area contributed by atoms with Gasteiger partial charge in [0, 0.05) is 36.3 Å². The molecule has 2 heterocycles. The molecule has 2 rings (SSSR count). The van der Waals surface area contributed by atoms with Gasteiger partial charge in [0.1, 0.15) is 0 Å². The van der Waals surface area contributed by atoms with E-state index >= 15 is 0 Å². The third-order valence-electron chi connectivity index (χ3n) is 2.27. The quantitative estimate of drug-likeness (QED) is 0.806. The second-order valence-corrected chi connectivity index (χ2v) is 4.41. The fraction of sp³-hybridized carbons (Fsp3) is 0.333. The zero-order chi connectivity index (χ0) is 11.2. The van der Waals surface area contributed by atoms with Crippen molar-refractivity contribution in [3.8, 4) is 11.3 Å². The Hall–Kier alpha value is -1.26. The van der Waals surface area contributed by atoms with E-state index in [4.69, 9.17) is 0 Å². The van der Waals surface area contributed by atoms with Gasteiger partial charge in [-0.15, -0.1) is 11.3 Å². The van der Waals surface area contributed by atoms with Crippen molar-refractivity contribution >= 4 is 11.3 Å². The van der Waals surface area contributed by atoms with Crippen LogP contribution in [0.5, 0.6) is 0 Å². The number of nitrogens with zero attached hydrogens (tertiary/aromatic N) is 2. The lowest BCUT2D eigenvalue weighted by Crippen LogP contribution is -2.15. The molecule has 4 heteroatoms. The Bertz CT molecular complexity index is 425. The first-order chi connectivity index (χ1) is 7.90. The predicted octanol–water partition coefficient (Wildman–Crippen LogP) is 2.36. The normalized spacial score (nSPS) is 10.6. The molecule has 0 aromatic carbocycles. The molecule has 0 saturated carbocycles. The summed E-state index contributed by atoms with van der Waals surface area (Å²) in [7, 11) is 0. The average molecular weight is 233 g/mol. The molecule has 0 aliphatic heterocycles. The van der Waals surface area contributed by atoms with E-state index in [0.29, 0.717) is 0 Å². The van der Waals surface area contributed by atoms with Crippen molar-refractivity contribution in [1.82, 2.24) is 15.3 Å². The van der Waals surface area contributed by atoms with E-state index in [2.05, 4.69) is 27.6 Å². The van der Waals surface area contributed by atoms with Gasteiger partial charge < -0.3 is 5.32 Å². The number of aromatic nitrogens is 2. The number of likely N-dealkylation sites (N-methyl/N-ethyl adjacent to an activating group) is 1. The van der Waals surface area contributed by atoms with Crippen LogP contribution in [0, 0.1) is 0 Å². The molecule has 0 aliphatic rings. The zero-order valence-corrected chi connectivity index (χ0v) is 10.1. The minimum atomic E-state index is 0.997. The molecule has 0 saturated heterocycles. The molecule has 84 valence electrons. The molecular weight excluding hydrogens is 218 g/mol. The van der Waals surface area contributed by atoms with Gasteiger partial charge in [-0.25, -0.2) is 4.98 Å². The van der Waals surface area contributed by atoms with Gasteiger partial charge in [0.05, 0.1) is 10.7 Å². The van der Waals surface area contributed by atoms with Crippen LogP contribution in [0.3, 0.4) is 0 Å². The van der Waals surface area contributed by atoms with Crippen molar-refractivity contribution in [3.63, 3.8) is 0 Å². The fourth-order valence-corrected chi connectivity index (χ4v) is 2.25. The molecule has 0 bridgehead atoms. The van der Waals surface area contributed by atoms with Crippen LogP contribution in [0.4, 0.5) is 0 Å². The Morgan fingerprint density at radius 3 is 3.12 bits per heavy atom. The molecule has 0 aliphatic carbocycles. The smallest absolute Gasteiger partial charge is 0.0945 e. The van der Waals surface area contributed by atoms with Gasteiger partial charge in [0.15, 0.2) is 0 Å². The Balaban J connectivity index is 2.02. The summed E-state index contributed by atoms with van der Waals surface area (Å²) < 4.78 is 0. The summed E-state index contributed by atoms with van der Waals surface area (Å²) in [5.41, 5.74) is 2.12. The van der Waals surface area contributed by atoms with Crippen molar-refractivity contribution in [2.45, 2.75) is 13.3 Å². The number of rotatable bonds is 5. The summed E-state index contributed by atoms with van der Waals surface area (Å²) in [6.45, 7) is 4.13. The van der Waals surface area contributed by atoms with Crippen LogP contribution in [0.2, 0.25) is 0 Å². The highest BCUT2D eigenvalue weighted by Crippen LogP contribution is 2.20. The summed E-state index contributed by atoms with van der Waals surface area (Å²) in [4.78, 5) is 8.69. The summed E-state index contributed by atoms with van der Waals surface area (Å²) in [6, 6.07) is 3.98. The molecule has 3 nitrogen and oxygen atoms in total. The maximum absolute atomic E-state index is 4.59. The molecular formula is C12H15N3S.